The lowest BCUT2D eigenvalue weighted by Gasteiger charge is -2.13. The quantitative estimate of drug-likeness (QED) is 0.873. The van der Waals surface area contributed by atoms with Crippen LogP contribution >= 0.6 is 12.4 Å². The molecule has 1 rings (SSSR count). The van der Waals surface area contributed by atoms with Gasteiger partial charge in [0.1, 0.15) is 5.75 Å². The summed E-state index contributed by atoms with van der Waals surface area (Å²) in [5.74, 6) is -0.292. The molecule has 0 fully saturated rings. The van der Waals surface area contributed by atoms with Gasteiger partial charge in [0, 0.05) is 12.1 Å². The van der Waals surface area contributed by atoms with Crippen LogP contribution in [0.25, 0.3) is 0 Å². The standard InChI is InChI=1S/C12H16F2N2O2.ClH/c1-7-3-4-10(18-12(13)14)9(5-7)6-16-11(17)8(2)15;/h3-5,8,12H,6,15H2,1-2H3,(H,16,17);1H/t8-;/m0./s1. The van der Waals surface area contributed by atoms with E-state index in [9.17, 15) is 13.6 Å². The predicted octanol–water partition coefficient (Wildman–Crippen LogP) is 1.98. The molecule has 1 aromatic carbocycles. The molecule has 0 radical (unpaired) electrons. The topological polar surface area (TPSA) is 64.3 Å². The van der Waals surface area contributed by atoms with E-state index in [2.05, 4.69) is 10.1 Å². The minimum absolute atomic E-state index is 0. The molecule has 0 unspecified atom stereocenters. The highest BCUT2D eigenvalue weighted by Crippen LogP contribution is 2.21. The molecule has 0 bridgehead atoms. The third kappa shape index (κ3) is 5.85. The molecule has 0 aliphatic rings. The molecule has 0 aliphatic carbocycles. The van der Waals surface area contributed by atoms with Crippen LogP contribution in [0.3, 0.4) is 0 Å². The zero-order valence-electron chi connectivity index (χ0n) is 10.7. The van der Waals surface area contributed by atoms with Crippen LogP contribution in [0, 0.1) is 6.92 Å². The molecule has 1 amide bonds. The third-order valence-electron chi connectivity index (χ3n) is 2.30. The average Bonchev–Trinajstić information content (AvgIpc) is 2.28. The van der Waals surface area contributed by atoms with Crippen molar-refractivity contribution >= 4 is 18.3 Å². The van der Waals surface area contributed by atoms with Crippen LogP contribution in [0.15, 0.2) is 18.2 Å². The first kappa shape index (κ1) is 17.6. The maximum atomic E-state index is 12.2. The summed E-state index contributed by atoms with van der Waals surface area (Å²) in [6.07, 6.45) is 0. The zero-order chi connectivity index (χ0) is 13.7. The van der Waals surface area contributed by atoms with Gasteiger partial charge in [0.05, 0.1) is 6.04 Å². The molecular weight excluding hydrogens is 278 g/mol. The number of carbonyl (C=O) groups is 1. The van der Waals surface area contributed by atoms with Gasteiger partial charge in [-0.3, -0.25) is 4.79 Å². The van der Waals surface area contributed by atoms with E-state index in [1.54, 1.807) is 19.1 Å². The molecule has 0 saturated heterocycles. The molecule has 3 N–H and O–H groups in total. The van der Waals surface area contributed by atoms with Crippen LogP contribution in [0.5, 0.6) is 5.75 Å². The van der Waals surface area contributed by atoms with Crippen molar-refractivity contribution in [2.24, 2.45) is 5.73 Å². The number of aryl methyl sites for hydroxylation is 1. The maximum absolute atomic E-state index is 12.2. The predicted molar refractivity (Wildman–Crippen MR) is 70.6 cm³/mol. The second-order valence-electron chi connectivity index (χ2n) is 4.00. The monoisotopic (exact) mass is 294 g/mol. The second kappa shape index (κ2) is 7.91. The highest BCUT2D eigenvalue weighted by Gasteiger charge is 2.12. The Bertz CT molecular complexity index is 428. The SMILES string of the molecule is Cc1ccc(OC(F)F)c(CNC(=O)[C@H](C)N)c1.Cl. The number of rotatable bonds is 5. The largest absolute Gasteiger partial charge is 0.434 e. The van der Waals surface area contributed by atoms with Crippen LogP contribution in [0.2, 0.25) is 0 Å². The van der Waals surface area contributed by atoms with E-state index in [-0.39, 0.29) is 30.6 Å². The van der Waals surface area contributed by atoms with Crippen LogP contribution in [-0.4, -0.2) is 18.6 Å². The van der Waals surface area contributed by atoms with Gasteiger partial charge in [0.2, 0.25) is 5.91 Å². The Balaban J connectivity index is 0.00000324. The van der Waals surface area contributed by atoms with Gasteiger partial charge in [-0.15, -0.1) is 12.4 Å². The highest BCUT2D eigenvalue weighted by atomic mass is 35.5. The summed E-state index contributed by atoms with van der Waals surface area (Å²) in [6.45, 7) is 0.575. The van der Waals surface area contributed by atoms with Crippen molar-refractivity contribution in [3.8, 4) is 5.75 Å². The first-order chi connectivity index (χ1) is 8.40. The molecule has 0 aromatic heterocycles. The summed E-state index contributed by atoms with van der Waals surface area (Å²) < 4.78 is 28.8. The van der Waals surface area contributed by atoms with Gasteiger partial charge in [0.25, 0.3) is 0 Å². The summed E-state index contributed by atoms with van der Waals surface area (Å²) in [4.78, 5) is 11.3. The third-order valence-corrected chi connectivity index (χ3v) is 2.30. The first-order valence-corrected chi connectivity index (χ1v) is 5.47. The van der Waals surface area contributed by atoms with Gasteiger partial charge in [-0.25, -0.2) is 0 Å². The van der Waals surface area contributed by atoms with Crippen molar-refractivity contribution in [3.63, 3.8) is 0 Å². The Morgan fingerprint density at radius 2 is 2.11 bits per heavy atom. The van der Waals surface area contributed by atoms with Crippen LogP contribution in [0.4, 0.5) is 8.78 Å². The second-order valence-corrected chi connectivity index (χ2v) is 4.00. The van der Waals surface area contributed by atoms with E-state index in [4.69, 9.17) is 5.73 Å². The zero-order valence-corrected chi connectivity index (χ0v) is 11.5. The number of nitrogens with one attached hydrogen (secondary N) is 1. The molecule has 1 aromatic rings. The number of hydrogen-bond acceptors (Lipinski definition) is 3. The Hall–Kier alpha value is -1.40. The van der Waals surface area contributed by atoms with Crippen LogP contribution in [0.1, 0.15) is 18.1 Å². The summed E-state index contributed by atoms with van der Waals surface area (Å²) in [5.41, 5.74) is 6.77. The maximum Gasteiger partial charge on any atom is 0.387 e. The number of nitrogens with two attached hydrogens (primary N) is 1. The van der Waals surface area contributed by atoms with Gasteiger partial charge in [0.15, 0.2) is 0 Å². The smallest absolute Gasteiger partial charge is 0.387 e. The van der Waals surface area contributed by atoms with Crippen LogP contribution in [-0.2, 0) is 11.3 Å². The highest BCUT2D eigenvalue weighted by molar-refractivity contribution is 5.85. The molecule has 0 aliphatic heterocycles. The van der Waals surface area contributed by atoms with Gasteiger partial charge in [-0.1, -0.05) is 17.7 Å². The Morgan fingerprint density at radius 3 is 2.63 bits per heavy atom. The number of carbonyl (C=O) groups excluding carboxylic acids is 1. The average molecular weight is 295 g/mol. The molecule has 19 heavy (non-hydrogen) atoms. The molecule has 108 valence electrons. The number of amides is 1. The van der Waals surface area contributed by atoms with Gasteiger partial charge >= 0.3 is 6.61 Å². The fraction of sp³-hybridized carbons (Fsp3) is 0.417. The Labute approximate surface area is 116 Å². The van der Waals surface area contributed by atoms with E-state index in [0.717, 1.165) is 5.56 Å². The lowest BCUT2D eigenvalue weighted by molar-refractivity contribution is -0.122. The Morgan fingerprint density at radius 1 is 1.47 bits per heavy atom. The van der Waals surface area contributed by atoms with Gasteiger partial charge in [-0.2, -0.15) is 8.78 Å². The van der Waals surface area contributed by atoms with Crippen molar-refractivity contribution in [2.45, 2.75) is 33.0 Å². The Kier molecular flexibility index (Phi) is 7.33. The molecule has 0 spiro atoms. The van der Waals surface area contributed by atoms with Gasteiger partial charge in [-0.05, 0) is 19.9 Å². The van der Waals surface area contributed by atoms with E-state index >= 15 is 0 Å². The van der Waals surface area contributed by atoms with Gasteiger partial charge < -0.3 is 15.8 Å². The minimum Gasteiger partial charge on any atom is -0.434 e. The minimum atomic E-state index is -2.89. The molecule has 4 nitrogen and oxygen atoms in total. The van der Waals surface area contributed by atoms with E-state index < -0.39 is 12.7 Å². The number of halogens is 3. The van der Waals surface area contributed by atoms with Crippen molar-refractivity contribution in [1.82, 2.24) is 5.32 Å². The van der Waals surface area contributed by atoms with Crippen molar-refractivity contribution in [1.29, 1.82) is 0 Å². The number of benzene rings is 1. The van der Waals surface area contributed by atoms with E-state index in [0.29, 0.717) is 5.56 Å². The number of alkyl halides is 2. The number of hydrogen-bond donors (Lipinski definition) is 2. The van der Waals surface area contributed by atoms with Crippen LogP contribution < -0.4 is 15.8 Å². The fourth-order valence-corrected chi connectivity index (χ4v) is 1.40. The van der Waals surface area contributed by atoms with Crippen molar-refractivity contribution in [3.05, 3.63) is 29.3 Å². The lowest BCUT2D eigenvalue weighted by Crippen LogP contribution is -2.37. The summed E-state index contributed by atoms with van der Waals surface area (Å²) in [7, 11) is 0. The molecule has 1 atom stereocenters. The van der Waals surface area contributed by atoms with E-state index in [1.807, 2.05) is 6.92 Å². The molecule has 0 saturated carbocycles. The summed E-state index contributed by atoms with van der Waals surface area (Å²) >= 11 is 0. The molecule has 0 heterocycles. The molecular formula is C12H17ClF2N2O2. The van der Waals surface area contributed by atoms with Crippen molar-refractivity contribution < 1.29 is 18.3 Å². The molecule has 7 heteroatoms. The van der Waals surface area contributed by atoms with Crippen molar-refractivity contribution in [2.75, 3.05) is 0 Å². The number of ether oxygens (including phenoxy) is 1. The van der Waals surface area contributed by atoms with E-state index in [1.165, 1.54) is 6.07 Å². The summed E-state index contributed by atoms with van der Waals surface area (Å²) in [5, 5.41) is 2.55. The lowest BCUT2D eigenvalue weighted by atomic mass is 10.1. The first-order valence-electron chi connectivity index (χ1n) is 5.47. The fourth-order valence-electron chi connectivity index (χ4n) is 1.40. The normalized spacial score (nSPS) is 11.7. The summed E-state index contributed by atoms with van der Waals surface area (Å²) in [6, 6.07) is 4.15.